The second-order valence-corrected chi connectivity index (χ2v) is 9.67. The number of halogens is 1. The summed E-state index contributed by atoms with van der Waals surface area (Å²) in [6, 6.07) is 11.1. The molecule has 3 aliphatic heterocycles. The number of hydrogen-bond acceptors (Lipinski definition) is 7. The van der Waals surface area contributed by atoms with Gasteiger partial charge in [-0.2, -0.15) is 5.26 Å². The normalized spacial score (nSPS) is 23.1. The van der Waals surface area contributed by atoms with Gasteiger partial charge in [0.05, 0.1) is 22.7 Å². The van der Waals surface area contributed by atoms with E-state index in [9.17, 15) is 9.18 Å². The van der Waals surface area contributed by atoms with Crippen LogP contribution in [0.4, 0.5) is 21.6 Å². The molecule has 2 N–H and O–H groups in total. The maximum absolute atomic E-state index is 13.8. The average Bonchev–Trinajstić information content (AvgIpc) is 3.17. The van der Waals surface area contributed by atoms with E-state index in [4.69, 9.17) is 11.0 Å². The van der Waals surface area contributed by atoms with E-state index in [1.54, 1.807) is 23.1 Å². The molecule has 0 radical (unpaired) electrons. The number of rotatable bonds is 3. The van der Waals surface area contributed by atoms with E-state index in [0.29, 0.717) is 36.4 Å². The van der Waals surface area contributed by atoms with Gasteiger partial charge in [0.1, 0.15) is 23.4 Å². The maximum Gasteiger partial charge on any atom is 0.266 e. The largest absolute Gasteiger partial charge is 0.398 e. The number of pyridine rings is 1. The van der Waals surface area contributed by atoms with E-state index in [1.165, 1.54) is 11.8 Å². The molecule has 2 aromatic rings. The highest BCUT2D eigenvalue weighted by atomic mass is 32.2. The lowest BCUT2D eigenvalue weighted by Gasteiger charge is -2.31. The summed E-state index contributed by atoms with van der Waals surface area (Å²) in [6.45, 7) is 1.77. The van der Waals surface area contributed by atoms with Gasteiger partial charge in [0.2, 0.25) is 0 Å². The predicted molar refractivity (Wildman–Crippen MR) is 128 cm³/mol. The summed E-state index contributed by atoms with van der Waals surface area (Å²) >= 11 is 1.53. The minimum absolute atomic E-state index is 0.0400. The van der Waals surface area contributed by atoms with Crippen LogP contribution < -0.4 is 15.5 Å². The second kappa shape index (κ2) is 8.60. The molecule has 1 aromatic carbocycles. The van der Waals surface area contributed by atoms with Crippen LogP contribution in [0.1, 0.15) is 35.8 Å². The Hall–Kier alpha value is -3.25. The van der Waals surface area contributed by atoms with E-state index in [-0.39, 0.29) is 11.3 Å². The Bertz CT molecular complexity index is 1160. The number of piperidine rings is 1. The molecule has 1 amide bonds. The van der Waals surface area contributed by atoms with Crippen LogP contribution in [0, 0.1) is 11.3 Å². The molecule has 9 heteroatoms. The van der Waals surface area contributed by atoms with Gasteiger partial charge in [-0.15, -0.1) is 0 Å². The van der Waals surface area contributed by atoms with Crippen molar-refractivity contribution in [3.8, 4) is 6.07 Å². The van der Waals surface area contributed by atoms with Gasteiger partial charge < -0.3 is 20.4 Å². The number of aromatic nitrogens is 1. The van der Waals surface area contributed by atoms with Gasteiger partial charge >= 0.3 is 0 Å². The van der Waals surface area contributed by atoms with Crippen LogP contribution in [0.25, 0.3) is 0 Å². The van der Waals surface area contributed by atoms with Crippen LogP contribution in [-0.2, 0) is 4.79 Å². The van der Waals surface area contributed by atoms with Crippen molar-refractivity contribution in [3.63, 3.8) is 0 Å². The molecule has 0 saturated carbocycles. The average molecular weight is 465 g/mol. The number of alkyl halides is 1. The number of nitrogens with two attached hydrogens (primary N) is 1. The Morgan fingerprint density at radius 2 is 2.12 bits per heavy atom. The zero-order chi connectivity index (χ0) is 23.1. The van der Waals surface area contributed by atoms with E-state index in [0.717, 1.165) is 41.4 Å². The van der Waals surface area contributed by atoms with Crippen molar-refractivity contribution in [1.29, 1.82) is 5.26 Å². The van der Waals surface area contributed by atoms with E-state index < -0.39 is 6.17 Å². The third-order valence-electron chi connectivity index (χ3n) is 6.49. The van der Waals surface area contributed by atoms with Crippen LogP contribution in [0.5, 0.6) is 0 Å². The molecule has 7 nitrogen and oxygen atoms in total. The molecule has 0 spiro atoms. The standard InChI is InChI=1S/C24H25FN6OS/c1-29-20-8-10-31(18-6-4-15(12-26)19(27)11-18)23(32)22(20)33-24(29)16-5-7-21(28-13-16)30-9-2-3-17(25)14-30/h4-7,11,13,17,24H,2-3,8-10,14,27H2,1H3. The minimum atomic E-state index is -0.798. The van der Waals surface area contributed by atoms with E-state index in [1.807, 2.05) is 30.3 Å². The summed E-state index contributed by atoms with van der Waals surface area (Å²) in [5.74, 6) is 0.747. The van der Waals surface area contributed by atoms with Gasteiger partial charge in [-0.3, -0.25) is 4.79 Å². The first-order valence-corrected chi connectivity index (χ1v) is 11.9. The van der Waals surface area contributed by atoms with E-state index >= 15 is 0 Å². The van der Waals surface area contributed by atoms with Gasteiger partial charge in [0.25, 0.3) is 5.91 Å². The van der Waals surface area contributed by atoms with Gasteiger partial charge in [-0.05, 0) is 37.1 Å². The van der Waals surface area contributed by atoms with Crippen molar-refractivity contribution in [2.45, 2.75) is 30.8 Å². The Labute approximate surface area is 196 Å². The Morgan fingerprint density at radius 1 is 1.27 bits per heavy atom. The number of carbonyl (C=O) groups is 1. The number of nitrogen functional groups attached to an aromatic ring is 1. The van der Waals surface area contributed by atoms with Crippen LogP contribution in [0.2, 0.25) is 0 Å². The van der Waals surface area contributed by atoms with Gasteiger partial charge in [0, 0.05) is 49.7 Å². The third-order valence-corrected chi connectivity index (χ3v) is 7.95. The number of benzene rings is 1. The van der Waals surface area contributed by atoms with Gasteiger partial charge in [-0.1, -0.05) is 17.8 Å². The van der Waals surface area contributed by atoms with Crippen molar-refractivity contribution < 1.29 is 9.18 Å². The van der Waals surface area contributed by atoms with Crippen molar-refractivity contribution in [2.24, 2.45) is 0 Å². The zero-order valence-electron chi connectivity index (χ0n) is 18.4. The van der Waals surface area contributed by atoms with Gasteiger partial charge in [0.15, 0.2) is 0 Å². The molecule has 5 rings (SSSR count). The van der Waals surface area contributed by atoms with Crippen LogP contribution in [0.15, 0.2) is 47.1 Å². The molecule has 170 valence electrons. The number of hydrogen-bond donors (Lipinski definition) is 1. The van der Waals surface area contributed by atoms with Crippen molar-refractivity contribution in [3.05, 3.63) is 58.3 Å². The smallest absolute Gasteiger partial charge is 0.266 e. The molecule has 1 fully saturated rings. The first-order valence-electron chi connectivity index (χ1n) is 11.1. The molecule has 33 heavy (non-hydrogen) atoms. The minimum Gasteiger partial charge on any atom is -0.398 e. The number of thioether (sulfide) groups is 1. The van der Waals surface area contributed by atoms with Crippen LogP contribution in [0.3, 0.4) is 0 Å². The summed E-state index contributed by atoms with van der Waals surface area (Å²) in [4.78, 5) is 24.6. The summed E-state index contributed by atoms with van der Waals surface area (Å²) in [6.07, 6.45) is 3.24. The van der Waals surface area contributed by atoms with E-state index in [2.05, 4.69) is 16.0 Å². The summed E-state index contributed by atoms with van der Waals surface area (Å²) in [5, 5.41) is 9.07. The highest BCUT2D eigenvalue weighted by Crippen LogP contribution is 2.50. The van der Waals surface area contributed by atoms with Crippen molar-refractivity contribution >= 4 is 34.9 Å². The number of anilines is 3. The third kappa shape index (κ3) is 3.89. The van der Waals surface area contributed by atoms with Crippen LogP contribution >= 0.6 is 11.8 Å². The molecule has 0 bridgehead atoms. The second-order valence-electron chi connectivity index (χ2n) is 8.58. The highest BCUT2D eigenvalue weighted by molar-refractivity contribution is 8.04. The van der Waals surface area contributed by atoms with Crippen LogP contribution in [-0.4, -0.2) is 48.6 Å². The molecule has 1 saturated heterocycles. The number of amides is 1. The summed E-state index contributed by atoms with van der Waals surface area (Å²) < 4.78 is 13.8. The summed E-state index contributed by atoms with van der Waals surface area (Å²) in [5.41, 5.74) is 9.49. The number of carbonyl (C=O) groups excluding carboxylic acids is 1. The summed E-state index contributed by atoms with van der Waals surface area (Å²) in [7, 11) is 2.01. The SMILES string of the molecule is CN1C2=C(SC1c1ccc(N3CCCC(F)C3)nc1)C(=O)N(c1ccc(C#N)c(N)c1)CC2. The molecule has 2 atom stereocenters. The first-order chi connectivity index (χ1) is 16.0. The Kier molecular flexibility index (Phi) is 5.62. The molecule has 3 aliphatic rings. The monoisotopic (exact) mass is 464 g/mol. The first kappa shape index (κ1) is 21.6. The molecule has 1 aromatic heterocycles. The lowest BCUT2D eigenvalue weighted by molar-refractivity contribution is -0.114. The quantitative estimate of drug-likeness (QED) is 0.691. The Morgan fingerprint density at radius 3 is 2.82 bits per heavy atom. The fraction of sp³-hybridized carbons (Fsp3) is 0.375. The lowest BCUT2D eigenvalue weighted by atomic mass is 10.1. The zero-order valence-corrected chi connectivity index (χ0v) is 19.2. The number of nitrogens with zero attached hydrogens (tertiary/aromatic N) is 5. The van der Waals surface area contributed by atoms with Gasteiger partial charge in [-0.25, -0.2) is 9.37 Å². The highest BCUT2D eigenvalue weighted by Gasteiger charge is 2.40. The maximum atomic E-state index is 13.8. The molecule has 0 aliphatic carbocycles. The van der Waals surface area contributed by atoms with Crippen molar-refractivity contribution in [1.82, 2.24) is 9.88 Å². The molecule has 2 unspecified atom stereocenters. The topological polar surface area (TPSA) is 89.5 Å². The fourth-order valence-corrected chi connectivity index (χ4v) is 6.07. The molecule has 4 heterocycles. The Balaban J connectivity index is 1.33. The molecular weight excluding hydrogens is 439 g/mol. The number of nitriles is 1. The fourth-order valence-electron chi connectivity index (χ4n) is 4.69. The molecular formula is C24H25FN6OS. The van der Waals surface area contributed by atoms with Crippen molar-refractivity contribution in [2.75, 3.05) is 42.2 Å². The lowest BCUT2D eigenvalue weighted by Crippen LogP contribution is -2.37. The predicted octanol–water partition coefficient (Wildman–Crippen LogP) is 3.80.